The zero-order chi connectivity index (χ0) is 14.0. The predicted molar refractivity (Wildman–Crippen MR) is 74.6 cm³/mol. The summed E-state index contributed by atoms with van der Waals surface area (Å²) >= 11 is 0. The van der Waals surface area contributed by atoms with Gasteiger partial charge in [0, 0.05) is 22.9 Å². The fraction of sp³-hybridized carbons (Fsp3) is 0.562. The zero-order valence-corrected chi connectivity index (χ0v) is 11.5. The Morgan fingerprint density at radius 2 is 1.95 bits per heavy atom. The normalized spacial score (nSPS) is 36.8. The molecule has 0 aromatic heterocycles. The maximum Gasteiger partial charge on any atom is 0.251 e. The van der Waals surface area contributed by atoms with Crippen molar-refractivity contribution in [2.45, 2.75) is 32.2 Å². The van der Waals surface area contributed by atoms with E-state index in [1.807, 2.05) is 0 Å². The van der Waals surface area contributed by atoms with Gasteiger partial charge >= 0.3 is 0 Å². The minimum atomic E-state index is -0.411. The lowest BCUT2D eigenvalue weighted by molar-refractivity contribution is 0.0944. The van der Waals surface area contributed by atoms with Crippen LogP contribution < -0.4 is 11.1 Å². The van der Waals surface area contributed by atoms with Crippen LogP contribution in [0.1, 0.15) is 35.2 Å². The molecule has 4 unspecified atom stereocenters. The Labute approximate surface area is 117 Å². The van der Waals surface area contributed by atoms with Crippen LogP contribution in [0.4, 0.5) is 10.1 Å². The van der Waals surface area contributed by atoms with Crippen LogP contribution in [-0.2, 0) is 0 Å². The Bertz CT molecular complexity index is 561. The summed E-state index contributed by atoms with van der Waals surface area (Å²) in [5.74, 6) is 2.40. The highest BCUT2D eigenvalue weighted by Gasteiger charge is 2.65. The molecule has 106 valence electrons. The number of amides is 1. The van der Waals surface area contributed by atoms with Gasteiger partial charge in [-0.3, -0.25) is 4.79 Å². The zero-order valence-electron chi connectivity index (χ0n) is 11.5. The highest BCUT2D eigenvalue weighted by atomic mass is 19.1. The van der Waals surface area contributed by atoms with Crippen molar-refractivity contribution in [2.24, 2.45) is 23.7 Å². The second-order valence-electron chi connectivity index (χ2n) is 6.66. The fourth-order valence-corrected chi connectivity index (χ4v) is 4.58. The highest BCUT2D eigenvalue weighted by Crippen LogP contribution is 2.65. The minimum Gasteiger partial charge on any atom is -0.398 e. The van der Waals surface area contributed by atoms with E-state index in [1.54, 1.807) is 13.0 Å². The van der Waals surface area contributed by atoms with Crippen molar-refractivity contribution in [1.29, 1.82) is 0 Å². The molecule has 1 aromatic rings. The van der Waals surface area contributed by atoms with Gasteiger partial charge in [-0.25, -0.2) is 4.39 Å². The Hall–Kier alpha value is -1.58. The lowest BCUT2D eigenvalue weighted by Gasteiger charge is -2.11. The molecule has 0 aliphatic heterocycles. The first-order chi connectivity index (χ1) is 9.56. The predicted octanol–water partition coefficient (Wildman–Crippen LogP) is 2.49. The van der Waals surface area contributed by atoms with E-state index in [9.17, 15) is 9.18 Å². The number of hydrogen-bond acceptors (Lipinski definition) is 2. The first-order valence-electron chi connectivity index (χ1n) is 7.42. The van der Waals surface area contributed by atoms with E-state index in [-0.39, 0.29) is 5.91 Å². The molecule has 3 nitrogen and oxygen atoms in total. The second kappa shape index (κ2) is 3.96. The van der Waals surface area contributed by atoms with Gasteiger partial charge in [0.05, 0.1) is 0 Å². The average molecular weight is 274 g/mol. The summed E-state index contributed by atoms with van der Waals surface area (Å²) in [7, 11) is 0. The SMILES string of the molecule is Cc1c(N)cc(C(=O)NC2C3C4CCC(C4)C23)cc1F. The maximum absolute atomic E-state index is 13.7. The van der Waals surface area contributed by atoms with Crippen LogP contribution in [-0.4, -0.2) is 11.9 Å². The van der Waals surface area contributed by atoms with Gasteiger partial charge in [0.2, 0.25) is 0 Å². The summed E-state index contributed by atoms with van der Waals surface area (Å²) in [5.41, 5.74) is 6.81. The lowest BCUT2D eigenvalue weighted by Crippen LogP contribution is -2.30. The van der Waals surface area contributed by atoms with Gasteiger partial charge in [0.15, 0.2) is 0 Å². The number of fused-ring (bicyclic) bond motifs is 5. The van der Waals surface area contributed by atoms with Crippen molar-refractivity contribution >= 4 is 11.6 Å². The van der Waals surface area contributed by atoms with Crippen molar-refractivity contribution in [3.8, 4) is 0 Å². The molecule has 3 fully saturated rings. The van der Waals surface area contributed by atoms with E-state index < -0.39 is 5.82 Å². The van der Waals surface area contributed by atoms with E-state index in [0.717, 1.165) is 11.8 Å². The quantitative estimate of drug-likeness (QED) is 0.814. The second-order valence-corrected chi connectivity index (χ2v) is 6.66. The van der Waals surface area contributed by atoms with Crippen LogP contribution in [0, 0.1) is 36.4 Å². The topological polar surface area (TPSA) is 55.1 Å². The number of nitrogen functional groups attached to an aromatic ring is 1. The molecule has 20 heavy (non-hydrogen) atoms. The van der Waals surface area contributed by atoms with Crippen LogP contribution in [0.5, 0.6) is 0 Å². The molecule has 0 radical (unpaired) electrons. The van der Waals surface area contributed by atoms with Crippen molar-refractivity contribution in [3.63, 3.8) is 0 Å². The third-order valence-corrected chi connectivity index (χ3v) is 5.68. The van der Waals surface area contributed by atoms with E-state index in [4.69, 9.17) is 5.73 Å². The monoisotopic (exact) mass is 274 g/mol. The number of halogens is 1. The summed E-state index contributed by atoms with van der Waals surface area (Å²) < 4.78 is 13.7. The summed E-state index contributed by atoms with van der Waals surface area (Å²) in [6.07, 6.45) is 4.00. The molecule has 2 bridgehead atoms. The van der Waals surface area contributed by atoms with Crippen molar-refractivity contribution < 1.29 is 9.18 Å². The Kier molecular flexibility index (Phi) is 2.41. The third kappa shape index (κ3) is 1.60. The van der Waals surface area contributed by atoms with E-state index in [2.05, 4.69) is 5.32 Å². The first kappa shape index (κ1) is 12.2. The van der Waals surface area contributed by atoms with E-state index >= 15 is 0 Å². The van der Waals surface area contributed by atoms with Gasteiger partial charge in [-0.15, -0.1) is 0 Å². The number of anilines is 1. The standard InChI is InChI=1S/C16H19FN2O/c1-7-11(17)5-10(6-12(7)18)16(20)19-15-13-8-2-3-9(4-8)14(13)15/h5-6,8-9,13-15H,2-4,18H2,1H3,(H,19,20). The van der Waals surface area contributed by atoms with Crippen LogP contribution in [0.25, 0.3) is 0 Å². The van der Waals surface area contributed by atoms with E-state index in [0.29, 0.717) is 34.7 Å². The van der Waals surface area contributed by atoms with Crippen LogP contribution in [0.15, 0.2) is 12.1 Å². The molecule has 4 atom stereocenters. The molecule has 1 aromatic carbocycles. The Morgan fingerprint density at radius 1 is 1.30 bits per heavy atom. The van der Waals surface area contributed by atoms with Gasteiger partial charge < -0.3 is 11.1 Å². The van der Waals surface area contributed by atoms with Crippen LogP contribution in [0.3, 0.4) is 0 Å². The van der Waals surface area contributed by atoms with Gasteiger partial charge in [-0.1, -0.05) is 0 Å². The lowest BCUT2D eigenvalue weighted by atomic mass is 10.0. The van der Waals surface area contributed by atoms with Gasteiger partial charge in [0.1, 0.15) is 5.82 Å². The van der Waals surface area contributed by atoms with Gasteiger partial charge in [-0.2, -0.15) is 0 Å². The molecule has 0 saturated heterocycles. The van der Waals surface area contributed by atoms with Crippen LogP contribution >= 0.6 is 0 Å². The number of carbonyl (C=O) groups is 1. The van der Waals surface area contributed by atoms with Crippen molar-refractivity contribution in [1.82, 2.24) is 5.32 Å². The number of hydrogen-bond donors (Lipinski definition) is 2. The molecule has 0 heterocycles. The highest BCUT2D eigenvalue weighted by molar-refractivity contribution is 5.95. The van der Waals surface area contributed by atoms with Crippen molar-refractivity contribution in [3.05, 3.63) is 29.1 Å². The molecular formula is C16H19FN2O. The summed E-state index contributed by atoms with van der Waals surface area (Å²) in [4.78, 5) is 12.2. The number of benzene rings is 1. The summed E-state index contributed by atoms with van der Waals surface area (Å²) in [5, 5.41) is 3.09. The Balaban J connectivity index is 1.49. The molecule has 3 saturated carbocycles. The summed E-state index contributed by atoms with van der Waals surface area (Å²) in [6, 6.07) is 3.17. The molecule has 1 amide bonds. The molecule has 3 aliphatic rings. The molecule has 3 aliphatic carbocycles. The number of nitrogens with two attached hydrogens (primary N) is 1. The summed E-state index contributed by atoms with van der Waals surface area (Å²) in [6.45, 7) is 1.62. The van der Waals surface area contributed by atoms with Crippen molar-refractivity contribution in [2.75, 3.05) is 5.73 Å². The third-order valence-electron chi connectivity index (χ3n) is 5.68. The number of nitrogens with one attached hydrogen (secondary N) is 1. The number of carbonyl (C=O) groups excluding carboxylic acids is 1. The fourth-order valence-electron chi connectivity index (χ4n) is 4.58. The van der Waals surface area contributed by atoms with Gasteiger partial charge in [-0.05, 0) is 62.0 Å². The number of rotatable bonds is 2. The minimum absolute atomic E-state index is 0.186. The molecule has 0 spiro atoms. The van der Waals surface area contributed by atoms with Crippen LogP contribution in [0.2, 0.25) is 0 Å². The smallest absolute Gasteiger partial charge is 0.251 e. The molecule has 4 rings (SSSR count). The molecular weight excluding hydrogens is 255 g/mol. The molecule has 4 heteroatoms. The molecule has 3 N–H and O–H groups in total. The Morgan fingerprint density at radius 3 is 2.55 bits per heavy atom. The van der Waals surface area contributed by atoms with Gasteiger partial charge in [0.25, 0.3) is 5.91 Å². The average Bonchev–Trinajstić information content (AvgIpc) is 2.82. The maximum atomic E-state index is 13.7. The largest absolute Gasteiger partial charge is 0.398 e. The first-order valence-corrected chi connectivity index (χ1v) is 7.42. The van der Waals surface area contributed by atoms with E-state index in [1.165, 1.54) is 25.3 Å².